The number of benzene rings is 1. The highest BCUT2D eigenvalue weighted by atomic mass is 16.5. The summed E-state index contributed by atoms with van der Waals surface area (Å²) in [6.07, 6.45) is 5.40. The summed E-state index contributed by atoms with van der Waals surface area (Å²) in [4.78, 5) is 40.0. The zero-order valence-corrected chi connectivity index (χ0v) is 15.3. The smallest absolute Gasteiger partial charge is 0.247 e. The largest absolute Gasteiger partial charge is 0.497 e. The van der Waals surface area contributed by atoms with Crippen molar-refractivity contribution < 1.29 is 19.1 Å². The maximum Gasteiger partial charge on any atom is 0.247 e. The van der Waals surface area contributed by atoms with E-state index in [2.05, 4.69) is 17.5 Å². The fraction of sp³-hybridized carbons (Fsp3) is 0.476. The van der Waals surface area contributed by atoms with E-state index in [4.69, 9.17) is 4.74 Å². The van der Waals surface area contributed by atoms with Crippen LogP contribution in [0.15, 0.2) is 36.4 Å². The monoisotopic (exact) mass is 366 g/mol. The van der Waals surface area contributed by atoms with Crippen molar-refractivity contribution >= 4 is 23.4 Å². The van der Waals surface area contributed by atoms with E-state index in [9.17, 15) is 14.4 Å². The second kappa shape index (κ2) is 5.68. The number of carbonyl (C=O) groups is 3. The Bertz CT molecular complexity index is 825. The summed E-state index contributed by atoms with van der Waals surface area (Å²) in [5.41, 5.74) is 0.604. The molecule has 0 unspecified atom stereocenters. The highest BCUT2D eigenvalue weighted by Gasteiger charge is 2.67. The molecule has 2 bridgehead atoms. The van der Waals surface area contributed by atoms with Crippen molar-refractivity contribution in [3.8, 4) is 5.75 Å². The predicted octanol–water partition coefficient (Wildman–Crippen LogP) is 2.08. The van der Waals surface area contributed by atoms with Gasteiger partial charge in [-0.05, 0) is 61.3 Å². The number of carbonyl (C=O) groups excluding carboxylic acids is 3. The molecule has 0 spiro atoms. The fourth-order valence-electron chi connectivity index (χ4n) is 5.40. The van der Waals surface area contributed by atoms with Crippen molar-refractivity contribution in [2.75, 3.05) is 12.4 Å². The van der Waals surface area contributed by atoms with Crippen molar-refractivity contribution in [3.05, 3.63) is 36.4 Å². The zero-order chi connectivity index (χ0) is 18.9. The van der Waals surface area contributed by atoms with E-state index in [1.165, 1.54) is 4.90 Å². The first-order valence-electron chi connectivity index (χ1n) is 9.51. The maximum absolute atomic E-state index is 13.1. The molecular weight excluding hydrogens is 344 g/mol. The molecule has 6 heteroatoms. The number of allylic oxidation sites excluding steroid dienone is 2. The minimum atomic E-state index is -0.826. The number of ether oxygens (including phenoxy) is 1. The number of amides is 3. The van der Waals surface area contributed by atoms with Crippen LogP contribution in [0.3, 0.4) is 0 Å². The average molecular weight is 366 g/mol. The summed E-state index contributed by atoms with van der Waals surface area (Å²) in [7, 11) is 1.58. The van der Waals surface area contributed by atoms with Gasteiger partial charge < -0.3 is 10.1 Å². The molecule has 6 nitrogen and oxygen atoms in total. The third kappa shape index (κ3) is 2.28. The minimum absolute atomic E-state index is 0.170. The minimum Gasteiger partial charge on any atom is -0.497 e. The molecule has 6 rings (SSSR count). The van der Waals surface area contributed by atoms with Gasteiger partial charge >= 0.3 is 0 Å². The molecular formula is C21H22N2O4. The van der Waals surface area contributed by atoms with Crippen LogP contribution in [0.25, 0.3) is 0 Å². The lowest BCUT2D eigenvalue weighted by molar-refractivity contribution is -0.146. The third-order valence-electron chi connectivity index (χ3n) is 6.82. The van der Waals surface area contributed by atoms with Gasteiger partial charge in [-0.3, -0.25) is 19.3 Å². The van der Waals surface area contributed by atoms with E-state index in [-0.39, 0.29) is 41.4 Å². The lowest BCUT2D eigenvalue weighted by atomic mass is 9.63. The van der Waals surface area contributed by atoms with Gasteiger partial charge in [0.2, 0.25) is 17.7 Å². The van der Waals surface area contributed by atoms with Crippen molar-refractivity contribution in [3.63, 3.8) is 0 Å². The van der Waals surface area contributed by atoms with E-state index in [0.29, 0.717) is 23.3 Å². The Hall–Kier alpha value is -2.63. The molecule has 1 heterocycles. The molecule has 1 aliphatic heterocycles. The number of likely N-dealkylation sites (tertiary alicyclic amines) is 1. The molecule has 3 fully saturated rings. The molecule has 5 aliphatic rings. The first-order valence-corrected chi connectivity index (χ1v) is 9.51. The van der Waals surface area contributed by atoms with E-state index < -0.39 is 6.04 Å². The Balaban J connectivity index is 1.34. The Morgan fingerprint density at radius 2 is 1.63 bits per heavy atom. The van der Waals surface area contributed by atoms with Crippen molar-refractivity contribution in [1.82, 2.24) is 4.90 Å². The van der Waals surface area contributed by atoms with Gasteiger partial charge in [-0.1, -0.05) is 12.2 Å². The van der Waals surface area contributed by atoms with Gasteiger partial charge in [-0.2, -0.15) is 0 Å². The molecule has 0 aromatic heterocycles. The van der Waals surface area contributed by atoms with Gasteiger partial charge in [0.15, 0.2) is 0 Å². The maximum atomic E-state index is 13.1. The van der Waals surface area contributed by atoms with Crippen molar-refractivity contribution in [1.29, 1.82) is 0 Å². The van der Waals surface area contributed by atoms with Gasteiger partial charge in [-0.15, -0.1) is 0 Å². The summed E-state index contributed by atoms with van der Waals surface area (Å²) in [5.74, 6) is 0.899. The molecule has 7 atom stereocenters. The van der Waals surface area contributed by atoms with E-state index in [0.717, 1.165) is 6.42 Å². The molecule has 1 saturated heterocycles. The van der Waals surface area contributed by atoms with Crippen LogP contribution in [-0.4, -0.2) is 35.8 Å². The van der Waals surface area contributed by atoms with Gasteiger partial charge in [-0.25, -0.2) is 0 Å². The van der Waals surface area contributed by atoms with Crippen molar-refractivity contribution in [2.45, 2.75) is 19.4 Å². The molecule has 1 N–H and O–H groups in total. The van der Waals surface area contributed by atoms with Crippen LogP contribution in [0.2, 0.25) is 0 Å². The van der Waals surface area contributed by atoms with Gasteiger partial charge in [0.25, 0.3) is 0 Å². The molecule has 2 saturated carbocycles. The number of methoxy groups -OCH3 is 1. The quantitative estimate of drug-likeness (QED) is 0.654. The van der Waals surface area contributed by atoms with Crippen LogP contribution in [-0.2, 0) is 14.4 Å². The summed E-state index contributed by atoms with van der Waals surface area (Å²) < 4.78 is 5.11. The van der Waals surface area contributed by atoms with Crippen molar-refractivity contribution in [2.24, 2.45) is 35.5 Å². The number of hydrogen-bond acceptors (Lipinski definition) is 4. The second-order valence-corrected chi connectivity index (χ2v) is 8.09. The highest BCUT2D eigenvalue weighted by Crippen LogP contribution is 2.65. The second-order valence-electron chi connectivity index (χ2n) is 8.09. The summed E-state index contributed by atoms with van der Waals surface area (Å²) in [6.45, 7) is 1.63. The number of nitrogens with zero attached hydrogens (tertiary/aromatic N) is 1. The van der Waals surface area contributed by atoms with Crippen LogP contribution in [0.5, 0.6) is 5.75 Å². The molecule has 4 aliphatic carbocycles. The predicted molar refractivity (Wildman–Crippen MR) is 97.6 cm³/mol. The lowest BCUT2D eigenvalue weighted by Crippen LogP contribution is -2.46. The van der Waals surface area contributed by atoms with Gasteiger partial charge in [0.1, 0.15) is 11.8 Å². The standard InChI is InChI=1S/C21H22N2O4/c1-10(19(24)22-11-3-5-12(27-2)6-4-11)23-20(25)17-13-7-8-14(16-9-15(13)16)18(17)21(23)26/h3-8,10,13-18H,9H2,1-2H3,(H,22,24)/t10-,13-,14-,15-,16+,17-,18+/m0/s1. The third-order valence-corrected chi connectivity index (χ3v) is 6.82. The fourth-order valence-corrected chi connectivity index (χ4v) is 5.40. The molecule has 3 amide bonds. The average Bonchev–Trinajstić information content (AvgIpc) is 3.46. The van der Waals surface area contributed by atoms with Gasteiger partial charge in [0, 0.05) is 5.69 Å². The Labute approximate surface area is 157 Å². The summed E-state index contributed by atoms with van der Waals surface area (Å²) >= 11 is 0. The van der Waals surface area contributed by atoms with Crippen LogP contribution < -0.4 is 10.1 Å². The Kier molecular flexibility index (Phi) is 3.48. The molecule has 1 aromatic carbocycles. The number of rotatable bonds is 4. The topological polar surface area (TPSA) is 75.7 Å². The number of hydrogen-bond donors (Lipinski definition) is 1. The SMILES string of the molecule is COc1ccc(NC(=O)[C@H](C)N2C(=O)[C@@H]3[C@H]4C=C[C@@H]([C@@H]5C[C@H]45)[C@@H]3C2=O)cc1. The summed E-state index contributed by atoms with van der Waals surface area (Å²) in [6, 6.07) is 6.13. The number of anilines is 1. The molecule has 140 valence electrons. The lowest BCUT2D eigenvalue weighted by Gasteiger charge is -2.37. The van der Waals surface area contributed by atoms with Crippen LogP contribution in [0.1, 0.15) is 13.3 Å². The van der Waals surface area contributed by atoms with E-state index in [1.54, 1.807) is 38.3 Å². The van der Waals surface area contributed by atoms with Crippen LogP contribution in [0, 0.1) is 35.5 Å². The normalized spacial score (nSPS) is 36.3. The van der Waals surface area contributed by atoms with E-state index >= 15 is 0 Å². The number of imide groups is 1. The van der Waals surface area contributed by atoms with Crippen LogP contribution in [0.4, 0.5) is 5.69 Å². The highest BCUT2D eigenvalue weighted by molar-refractivity contribution is 6.10. The van der Waals surface area contributed by atoms with Gasteiger partial charge in [0.05, 0.1) is 18.9 Å². The molecule has 27 heavy (non-hydrogen) atoms. The molecule has 0 radical (unpaired) electrons. The molecule has 1 aromatic rings. The first-order chi connectivity index (χ1) is 13.0. The first kappa shape index (κ1) is 16.5. The van der Waals surface area contributed by atoms with Crippen LogP contribution >= 0.6 is 0 Å². The zero-order valence-electron chi connectivity index (χ0n) is 15.3. The number of nitrogens with one attached hydrogen (secondary N) is 1. The summed E-state index contributed by atoms with van der Waals surface area (Å²) in [5, 5.41) is 2.79. The Morgan fingerprint density at radius 3 is 2.15 bits per heavy atom. The van der Waals surface area contributed by atoms with E-state index in [1.807, 2.05) is 0 Å². The Morgan fingerprint density at radius 1 is 1.07 bits per heavy atom.